The van der Waals surface area contributed by atoms with E-state index in [2.05, 4.69) is 5.32 Å². The number of hydrogen-bond acceptors (Lipinski definition) is 4. The van der Waals surface area contributed by atoms with E-state index in [4.69, 9.17) is 4.74 Å². The van der Waals surface area contributed by atoms with E-state index in [1.54, 1.807) is 31.2 Å². The molecule has 0 saturated carbocycles. The van der Waals surface area contributed by atoms with Gasteiger partial charge in [-0.3, -0.25) is 4.79 Å². The molecule has 0 saturated heterocycles. The number of ether oxygens (including phenoxy) is 1. The summed E-state index contributed by atoms with van der Waals surface area (Å²) in [5.41, 5.74) is 0.686. The fourth-order valence-electron chi connectivity index (χ4n) is 1.85. The largest absolute Gasteiger partial charge is 0.503 e. The molecular formula is C13H13NO4. The molecule has 1 aliphatic heterocycles. The highest BCUT2D eigenvalue weighted by Gasteiger charge is 2.37. The Morgan fingerprint density at radius 2 is 2.06 bits per heavy atom. The Balaban J connectivity index is 2.38. The number of carbonyl (C=O) groups is 2. The Morgan fingerprint density at radius 1 is 1.39 bits per heavy atom. The Kier molecular flexibility index (Phi) is 3.32. The minimum atomic E-state index is -0.679. The lowest BCUT2D eigenvalue weighted by Crippen LogP contribution is -2.24. The van der Waals surface area contributed by atoms with Crippen LogP contribution in [-0.2, 0) is 14.3 Å². The van der Waals surface area contributed by atoms with Gasteiger partial charge in [-0.05, 0) is 12.5 Å². The van der Waals surface area contributed by atoms with Crippen LogP contribution in [0.15, 0.2) is 41.7 Å². The van der Waals surface area contributed by atoms with Crippen molar-refractivity contribution in [3.63, 3.8) is 0 Å². The van der Waals surface area contributed by atoms with Gasteiger partial charge in [-0.15, -0.1) is 0 Å². The first-order valence-corrected chi connectivity index (χ1v) is 5.61. The van der Waals surface area contributed by atoms with Gasteiger partial charge in [0.25, 0.3) is 5.91 Å². The molecule has 2 rings (SSSR count). The van der Waals surface area contributed by atoms with Crippen LogP contribution in [0.5, 0.6) is 0 Å². The van der Waals surface area contributed by atoms with Gasteiger partial charge in [0.15, 0.2) is 5.76 Å². The molecule has 1 aromatic rings. The average molecular weight is 247 g/mol. The van der Waals surface area contributed by atoms with Gasteiger partial charge in [-0.2, -0.15) is 0 Å². The summed E-state index contributed by atoms with van der Waals surface area (Å²) in [7, 11) is 0. The lowest BCUT2D eigenvalue weighted by atomic mass is 10.0. The van der Waals surface area contributed by atoms with Crippen molar-refractivity contribution in [2.24, 2.45) is 0 Å². The molecular weight excluding hydrogens is 234 g/mol. The van der Waals surface area contributed by atoms with Crippen LogP contribution in [0.2, 0.25) is 0 Å². The number of aliphatic hydroxyl groups is 1. The molecule has 5 heteroatoms. The van der Waals surface area contributed by atoms with Crippen molar-refractivity contribution in [1.82, 2.24) is 5.32 Å². The zero-order chi connectivity index (χ0) is 13.1. The van der Waals surface area contributed by atoms with Gasteiger partial charge in [0, 0.05) is 0 Å². The number of hydrogen-bond donors (Lipinski definition) is 2. The first kappa shape index (κ1) is 12.2. The van der Waals surface area contributed by atoms with Crippen LogP contribution in [0.1, 0.15) is 18.5 Å². The van der Waals surface area contributed by atoms with Crippen molar-refractivity contribution in [2.75, 3.05) is 6.61 Å². The number of benzene rings is 1. The van der Waals surface area contributed by atoms with Gasteiger partial charge in [0.2, 0.25) is 0 Å². The number of amides is 1. The maximum Gasteiger partial charge on any atom is 0.340 e. The summed E-state index contributed by atoms with van der Waals surface area (Å²) >= 11 is 0. The quantitative estimate of drug-likeness (QED) is 0.788. The predicted molar refractivity (Wildman–Crippen MR) is 63.6 cm³/mol. The highest BCUT2D eigenvalue weighted by atomic mass is 16.5. The van der Waals surface area contributed by atoms with Gasteiger partial charge in [-0.1, -0.05) is 30.3 Å². The topological polar surface area (TPSA) is 75.6 Å². The monoisotopic (exact) mass is 247 g/mol. The normalized spacial score (nSPS) is 18.7. The van der Waals surface area contributed by atoms with Gasteiger partial charge in [0.1, 0.15) is 5.57 Å². The Morgan fingerprint density at radius 3 is 2.67 bits per heavy atom. The standard InChI is InChI=1S/C13H13NO4/c1-2-18-13(17)9-10(14-12(16)11(9)15)8-6-4-3-5-7-8/h3-7,10,15H,2H2,1H3,(H,14,16)/t10-/m0/s1. The smallest absolute Gasteiger partial charge is 0.340 e. The van der Waals surface area contributed by atoms with Crippen LogP contribution >= 0.6 is 0 Å². The van der Waals surface area contributed by atoms with E-state index < -0.39 is 23.7 Å². The number of esters is 1. The minimum Gasteiger partial charge on any atom is -0.503 e. The van der Waals surface area contributed by atoms with Crippen LogP contribution < -0.4 is 5.32 Å². The SMILES string of the molecule is CCOC(=O)C1=C(O)C(=O)N[C@H]1c1ccccc1. The summed E-state index contributed by atoms with van der Waals surface area (Å²) in [6, 6.07) is 8.29. The highest BCUT2D eigenvalue weighted by Crippen LogP contribution is 2.29. The van der Waals surface area contributed by atoms with Gasteiger partial charge >= 0.3 is 5.97 Å². The summed E-state index contributed by atoms with van der Waals surface area (Å²) in [5.74, 6) is -1.91. The van der Waals surface area contributed by atoms with E-state index >= 15 is 0 Å². The lowest BCUT2D eigenvalue weighted by molar-refractivity contribution is -0.139. The predicted octanol–water partition coefficient (Wildman–Crippen LogP) is 1.23. The molecule has 0 radical (unpaired) electrons. The van der Waals surface area contributed by atoms with Crippen molar-refractivity contribution >= 4 is 11.9 Å². The second-order valence-corrected chi connectivity index (χ2v) is 3.80. The Labute approximate surface area is 104 Å². The average Bonchev–Trinajstić information content (AvgIpc) is 2.67. The molecule has 0 aromatic heterocycles. The molecule has 0 fully saturated rings. The van der Waals surface area contributed by atoms with Crippen molar-refractivity contribution in [1.29, 1.82) is 0 Å². The Hall–Kier alpha value is -2.30. The van der Waals surface area contributed by atoms with E-state index in [0.29, 0.717) is 0 Å². The van der Waals surface area contributed by atoms with Crippen LogP contribution in [0.25, 0.3) is 0 Å². The van der Waals surface area contributed by atoms with Crippen molar-refractivity contribution in [2.45, 2.75) is 13.0 Å². The molecule has 5 nitrogen and oxygen atoms in total. The molecule has 1 heterocycles. The number of nitrogens with one attached hydrogen (secondary N) is 1. The van der Waals surface area contributed by atoms with Crippen molar-refractivity contribution < 1.29 is 19.4 Å². The van der Waals surface area contributed by atoms with E-state index in [1.807, 2.05) is 6.07 Å². The first-order valence-electron chi connectivity index (χ1n) is 5.61. The first-order chi connectivity index (χ1) is 8.65. The second kappa shape index (κ2) is 4.91. The van der Waals surface area contributed by atoms with Gasteiger partial charge in [-0.25, -0.2) is 4.79 Å². The maximum absolute atomic E-state index is 11.8. The molecule has 0 aliphatic carbocycles. The Bertz CT molecular complexity index is 507. The van der Waals surface area contributed by atoms with E-state index in [9.17, 15) is 14.7 Å². The van der Waals surface area contributed by atoms with Crippen LogP contribution in [0, 0.1) is 0 Å². The molecule has 94 valence electrons. The van der Waals surface area contributed by atoms with Crippen LogP contribution in [-0.4, -0.2) is 23.6 Å². The molecule has 1 amide bonds. The molecule has 0 bridgehead atoms. The maximum atomic E-state index is 11.8. The molecule has 1 aromatic carbocycles. The zero-order valence-corrected chi connectivity index (χ0v) is 9.84. The van der Waals surface area contributed by atoms with Gasteiger partial charge in [0.05, 0.1) is 12.6 Å². The summed E-state index contributed by atoms with van der Waals surface area (Å²) in [5, 5.41) is 12.2. The van der Waals surface area contributed by atoms with Gasteiger partial charge < -0.3 is 15.2 Å². The van der Waals surface area contributed by atoms with Crippen LogP contribution in [0.4, 0.5) is 0 Å². The van der Waals surface area contributed by atoms with Crippen molar-refractivity contribution in [3.05, 3.63) is 47.2 Å². The lowest BCUT2D eigenvalue weighted by Gasteiger charge is -2.13. The zero-order valence-electron chi connectivity index (χ0n) is 9.84. The third-order valence-electron chi connectivity index (χ3n) is 2.66. The van der Waals surface area contributed by atoms with Crippen molar-refractivity contribution in [3.8, 4) is 0 Å². The molecule has 1 aliphatic rings. The molecule has 18 heavy (non-hydrogen) atoms. The number of aliphatic hydroxyl groups excluding tert-OH is 1. The second-order valence-electron chi connectivity index (χ2n) is 3.80. The summed E-state index contributed by atoms with van der Waals surface area (Å²) in [6.07, 6.45) is 0. The fourth-order valence-corrected chi connectivity index (χ4v) is 1.85. The van der Waals surface area contributed by atoms with E-state index in [0.717, 1.165) is 5.56 Å². The fraction of sp³-hybridized carbons (Fsp3) is 0.231. The summed E-state index contributed by atoms with van der Waals surface area (Å²) in [4.78, 5) is 23.2. The molecule has 0 spiro atoms. The minimum absolute atomic E-state index is 0.0342. The third-order valence-corrected chi connectivity index (χ3v) is 2.66. The molecule has 0 unspecified atom stereocenters. The van der Waals surface area contributed by atoms with E-state index in [-0.39, 0.29) is 12.2 Å². The molecule has 1 atom stereocenters. The highest BCUT2D eigenvalue weighted by molar-refractivity contribution is 6.06. The van der Waals surface area contributed by atoms with E-state index in [1.165, 1.54) is 0 Å². The number of rotatable bonds is 3. The number of carbonyl (C=O) groups excluding carboxylic acids is 2. The summed E-state index contributed by atoms with van der Waals surface area (Å²) in [6.45, 7) is 1.85. The molecule has 2 N–H and O–H groups in total. The van der Waals surface area contributed by atoms with Crippen LogP contribution in [0.3, 0.4) is 0 Å². The summed E-state index contributed by atoms with van der Waals surface area (Å²) < 4.78 is 4.85. The third kappa shape index (κ3) is 2.07.